The van der Waals surface area contributed by atoms with Crippen molar-refractivity contribution in [3.8, 4) is 17.2 Å². The van der Waals surface area contributed by atoms with Crippen molar-refractivity contribution >= 4 is 28.9 Å². The van der Waals surface area contributed by atoms with Crippen molar-refractivity contribution in [1.82, 2.24) is 0 Å². The molecule has 6 heteroatoms. The van der Waals surface area contributed by atoms with E-state index in [1.165, 1.54) is 4.90 Å². The Bertz CT molecular complexity index is 719. The molecule has 1 aliphatic rings. The number of alkyl halides is 1. The zero-order chi connectivity index (χ0) is 16.2. The fourth-order valence-electron chi connectivity index (χ4n) is 2.42. The molecule has 0 N–H and O–H groups in total. The first-order valence-corrected chi connectivity index (χ1v) is 7.69. The van der Waals surface area contributed by atoms with Crippen LogP contribution in [0, 0.1) is 0 Å². The van der Waals surface area contributed by atoms with Gasteiger partial charge < -0.3 is 14.2 Å². The molecule has 120 valence electrons. The van der Waals surface area contributed by atoms with Crippen molar-refractivity contribution in [3.63, 3.8) is 0 Å². The van der Waals surface area contributed by atoms with E-state index < -0.39 is 0 Å². The molecular formula is C17H16ClNO4. The number of fused-ring (bicyclic) bond motifs is 1. The Hall–Kier alpha value is -2.40. The first-order chi connectivity index (χ1) is 11.2. The maximum atomic E-state index is 12.4. The average molecular weight is 334 g/mol. The monoisotopic (exact) mass is 333 g/mol. The second kappa shape index (κ2) is 6.79. The molecule has 0 aromatic heterocycles. The topological polar surface area (TPSA) is 48.0 Å². The van der Waals surface area contributed by atoms with E-state index in [9.17, 15) is 4.79 Å². The van der Waals surface area contributed by atoms with E-state index in [0.717, 1.165) is 0 Å². The zero-order valence-corrected chi connectivity index (χ0v) is 13.4. The molecule has 1 heterocycles. The Balaban J connectivity index is 2.03. The lowest BCUT2D eigenvalue weighted by atomic mass is 10.2. The lowest BCUT2D eigenvalue weighted by Gasteiger charge is -2.25. The van der Waals surface area contributed by atoms with E-state index in [2.05, 4.69) is 0 Å². The quantitative estimate of drug-likeness (QED) is 0.805. The van der Waals surface area contributed by atoms with Gasteiger partial charge in [-0.05, 0) is 24.3 Å². The van der Waals surface area contributed by atoms with Crippen LogP contribution < -0.4 is 19.1 Å². The number of carbonyl (C=O) groups is 1. The van der Waals surface area contributed by atoms with Crippen LogP contribution in [-0.2, 0) is 4.79 Å². The number of methoxy groups -OCH3 is 1. The second-order valence-electron chi connectivity index (χ2n) is 4.89. The Labute approximate surface area is 139 Å². The van der Waals surface area contributed by atoms with Crippen LogP contribution in [0.1, 0.15) is 0 Å². The van der Waals surface area contributed by atoms with Crippen LogP contribution in [0.5, 0.6) is 17.2 Å². The summed E-state index contributed by atoms with van der Waals surface area (Å²) in [5, 5.41) is 0. The van der Waals surface area contributed by atoms with Gasteiger partial charge in [0.2, 0.25) is 5.91 Å². The van der Waals surface area contributed by atoms with Gasteiger partial charge in [0, 0.05) is 12.1 Å². The van der Waals surface area contributed by atoms with Crippen molar-refractivity contribution in [3.05, 3.63) is 42.5 Å². The molecule has 0 fully saturated rings. The molecule has 0 unspecified atom stereocenters. The van der Waals surface area contributed by atoms with Crippen molar-refractivity contribution in [1.29, 1.82) is 0 Å². The molecule has 0 aliphatic carbocycles. The fourth-order valence-corrected chi connectivity index (χ4v) is 2.54. The summed E-state index contributed by atoms with van der Waals surface area (Å²) in [6.45, 7) is 1.01. The Morgan fingerprint density at radius 3 is 2.61 bits per heavy atom. The summed E-state index contributed by atoms with van der Waals surface area (Å²) in [4.78, 5) is 13.9. The minimum Gasteiger partial charge on any atom is -0.497 e. The molecule has 1 amide bonds. The highest BCUT2D eigenvalue weighted by Crippen LogP contribution is 2.37. The standard InChI is InChI=1S/C17H16ClNO4/c1-21-14-4-2-3-12(9-14)19(17(20)11-18)13-5-6-15-16(10-13)23-8-7-22-15/h2-6,9-10H,7-8,11H2,1H3. The van der Waals surface area contributed by atoms with Crippen molar-refractivity contribution < 1.29 is 19.0 Å². The number of carbonyl (C=O) groups excluding carboxylic acids is 1. The van der Waals surface area contributed by atoms with Gasteiger partial charge in [0.15, 0.2) is 11.5 Å². The summed E-state index contributed by atoms with van der Waals surface area (Å²) in [6.07, 6.45) is 0. The van der Waals surface area contributed by atoms with Gasteiger partial charge in [0.25, 0.3) is 0 Å². The highest BCUT2D eigenvalue weighted by atomic mass is 35.5. The number of hydrogen-bond donors (Lipinski definition) is 0. The molecule has 2 aromatic carbocycles. The molecule has 5 nitrogen and oxygen atoms in total. The summed E-state index contributed by atoms with van der Waals surface area (Å²) in [6, 6.07) is 12.6. The molecule has 0 atom stereocenters. The van der Waals surface area contributed by atoms with Crippen LogP contribution in [-0.4, -0.2) is 32.1 Å². The van der Waals surface area contributed by atoms with Gasteiger partial charge >= 0.3 is 0 Å². The Morgan fingerprint density at radius 2 is 1.87 bits per heavy atom. The van der Waals surface area contributed by atoms with E-state index in [0.29, 0.717) is 41.8 Å². The van der Waals surface area contributed by atoms with Crippen LogP contribution in [0.2, 0.25) is 0 Å². The number of benzene rings is 2. The number of amides is 1. The van der Waals surface area contributed by atoms with Gasteiger partial charge in [0.1, 0.15) is 24.8 Å². The van der Waals surface area contributed by atoms with Crippen LogP contribution in [0.25, 0.3) is 0 Å². The molecule has 2 aromatic rings. The first kappa shape index (κ1) is 15.5. The summed E-state index contributed by atoms with van der Waals surface area (Å²) < 4.78 is 16.3. The molecule has 23 heavy (non-hydrogen) atoms. The normalized spacial score (nSPS) is 12.6. The van der Waals surface area contributed by atoms with E-state index in [4.69, 9.17) is 25.8 Å². The van der Waals surface area contributed by atoms with E-state index >= 15 is 0 Å². The van der Waals surface area contributed by atoms with Gasteiger partial charge in [-0.2, -0.15) is 0 Å². The van der Waals surface area contributed by atoms with Gasteiger partial charge in [0.05, 0.1) is 18.5 Å². The number of hydrogen-bond acceptors (Lipinski definition) is 4. The van der Waals surface area contributed by atoms with E-state index in [-0.39, 0.29) is 11.8 Å². The zero-order valence-electron chi connectivity index (χ0n) is 12.6. The Morgan fingerprint density at radius 1 is 1.13 bits per heavy atom. The van der Waals surface area contributed by atoms with Crippen LogP contribution in [0.3, 0.4) is 0 Å². The van der Waals surface area contributed by atoms with Crippen LogP contribution >= 0.6 is 11.6 Å². The fraction of sp³-hybridized carbons (Fsp3) is 0.235. The first-order valence-electron chi connectivity index (χ1n) is 7.15. The highest BCUT2D eigenvalue weighted by molar-refractivity contribution is 6.30. The summed E-state index contributed by atoms with van der Waals surface area (Å²) in [7, 11) is 1.58. The van der Waals surface area contributed by atoms with E-state index in [1.54, 1.807) is 31.4 Å². The number of nitrogens with zero attached hydrogens (tertiary/aromatic N) is 1. The molecule has 0 radical (unpaired) electrons. The van der Waals surface area contributed by atoms with Crippen molar-refractivity contribution in [2.24, 2.45) is 0 Å². The lowest BCUT2D eigenvalue weighted by Crippen LogP contribution is -2.27. The average Bonchev–Trinajstić information content (AvgIpc) is 2.62. The number of ether oxygens (including phenoxy) is 3. The summed E-state index contributed by atoms with van der Waals surface area (Å²) >= 11 is 5.79. The number of anilines is 2. The molecule has 3 rings (SSSR count). The van der Waals surface area contributed by atoms with Crippen molar-refractivity contribution in [2.75, 3.05) is 31.1 Å². The molecular weight excluding hydrogens is 318 g/mol. The third kappa shape index (κ3) is 3.19. The molecule has 0 saturated carbocycles. The molecule has 0 spiro atoms. The van der Waals surface area contributed by atoms with Gasteiger partial charge in [-0.25, -0.2) is 0 Å². The maximum Gasteiger partial charge on any atom is 0.246 e. The van der Waals surface area contributed by atoms with Crippen molar-refractivity contribution in [2.45, 2.75) is 0 Å². The minimum absolute atomic E-state index is 0.133. The summed E-state index contributed by atoms with van der Waals surface area (Å²) in [5.74, 6) is 1.57. The number of rotatable bonds is 4. The van der Waals surface area contributed by atoms with Gasteiger partial charge in [-0.15, -0.1) is 11.6 Å². The van der Waals surface area contributed by atoms with Gasteiger partial charge in [-0.3, -0.25) is 9.69 Å². The lowest BCUT2D eigenvalue weighted by molar-refractivity contribution is -0.115. The minimum atomic E-state index is -0.239. The van der Waals surface area contributed by atoms with E-state index in [1.807, 2.05) is 18.2 Å². The van der Waals surface area contributed by atoms with Gasteiger partial charge in [-0.1, -0.05) is 6.07 Å². The van der Waals surface area contributed by atoms with Crippen LogP contribution in [0.4, 0.5) is 11.4 Å². The third-order valence-corrected chi connectivity index (χ3v) is 3.69. The second-order valence-corrected chi connectivity index (χ2v) is 5.16. The summed E-state index contributed by atoms with van der Waals surface area (Å²) in [5.41, 5.74) is 1.33. The third-order valence-electron chi connectivity index (χ3n) is 3.46. The van der Waals surface area contributed by atoms with Crippen LogP contribution in [0.15, 0.2) is 42.5 Å². The smallest absolute Gasteiger partial charge is 0.246 e. The maximum absolute atomic E-state index is 12.4. The predicted octanol–water partition coefficient (Wildman–Crippen LogP) is 3.37. The largest absolute Gasteiger partial charge is 0.497 e. The number of halogens is 1. The highest BCUT2D eigenvalue weighted by Gasteiger charge is 2.21. The Kier molecular flexibility index (Phi) is 4.57. The predicted molar refractivity (Wildman–Crippen MR) is 88.3 cm³/mol. The molecule has 0 bridgehead atoms. The SMILES string of the molecule is COc1cccc(N(C(=O)CCl)c2ccc3c(c2)OCCO3)c1. The molecule has 1 aliphatic heterocycles. The molecule has 0 saturated heterocycles.